The van der Waals surface area contributed by atoms with Crippen LogP contribution >= 0.6 is 0 Å². The monoisotopic (exact) mass is 354 g/mol. The normalized spacial score (nSPS) is 10.4. The summed E-state index contributed by atoms with van der Waals surface area (Å²) < 4.78 is 19.9. The number of benzene rings is 1. The van der Waals surface area contributed by atoms with Crippen molar-refractivity contribution in [3.8, 4) is 11.5 Å². The average molecular weight is 354 g/mol. The summed E-state index contributed by atoms with van der Waals surface area (Å²) in [4.78, 5) is 34.8. The summed E-state index contributed by atoms with van der Waals surface area (Å²) in [7, 11) is 2.65. The highest BCUT2D eigenvalue weighted by molar-refractivity contribution is 5.95. The van der Waals surface area contributed by atoms with E-state index in [-0.39, 0.29) is 17.9 Å². The molecule has 0 atom stereocenters. The highest BCUT2D eigenvalue weighted by Crippen LogP contribution is 2.28. The average Bonchev–Trinajstić information content (AvgIpc) is 2.55. The van der Waals surface area contributed by atoms with Gasteiger partial charge in [-0.15, -0.1) is 0 Å². The molecule has 25 heavy (non-hydrogen) atoms. The van der Waals surface area contributed by atoms with E-state index in [0.717, 1.165) is 0 Å². The molecule has 9 heteroatoms. The van der Waals surface area contributed by atoms with Crippen LogP contribution in [0, 0.1) is 0 Å². The summed E-state index contributed by atoms with van der Waals surface area (Å²) in [5.74, 6) is -0.668. The molecule has 0 saturated carbocycles. The molecule has 0 aliphatic rings. The van der Waals surface area contributed by atoms with Crippen LogP contribution in [0.1, 0.15) is 31.1 Å². The molecule has 1 aromatic carbocycles. The standard InChI is InChI=1S/C16H22N2O7/c1-16(2,3)25-15(21)18-17-14(20)10-6-7-11(22-4)12(8-10)24-9-13(19)23-5/h6-8H,9H2,1-5H3,(H,17,20)(H,18,21). The molecule has 0 heterocycles. The second-order valence-corrected chi connectivity index (χ2v) is 5.81. The van der Waals surface area contributed by atoms with Gasteiger partial charge >= 0.3 is 12.1 Å². The van der Waals surface area contributed by atoms with E-state index < -0.39 is 23.6 Å². The van der Waals surface area contributed by atoms with E-state index in [1.807, 2.05) is 0 Å². The van der Waals surface area contributed by atoms with E-state index in [1.165, 1.54) is 32.4 Å². The zero-order valence-electron chi connectivity index (χ0n) is 14.8. The van der Waals surface area contributed by atoms with E-state index >= 15 is 0 Å². The van der Waals surface area contributed by atoms with Crippen LogP contribution in [0.15, 0.2) is 18.2 Å². The maximum atomic E-state index is 12.1. The Morgan fingerprint density at radius 2 is 1.72 bits per heavy atom. The SMILES string of the molecule is COC(=O)COc1cc(C(=O)NNC(=O)OC(C)(C)C)ccc1OC. The Hall–Kier alpha value is -2.97. The van der Waals surface area contributed by atoms with E-state index in [0.29, 0.717) is 5.75 Å². The minimum absolute atomic E-state index is 0.178. The van der Waals surface area contributed by atoms with Crippen LogP contribution in [0.25, 0.3) is 0 Å². The predicted octanol–water partition coefficient (Wildman–Crippen LogP) is 1.42. The molecule has 2 N–H and O–H groups in total. The van der Waals surface area contributed by atoms with Crippen LogP contribution < -0.4 is 20.3 Å². The van der Waals surface area contributed by atoms with Crippen molar-refractivity contribution >= 4 is 18.0 Å². The zero-order valence-corrected chi connectivity index (χ0v) is 14.8. The summed E-state index contributed by atoms with van der Waals surface area (Å²) in [6.07, 6.45) is -0.795. The molecule has 1 rings (SSSR count). The van der Waals surface area contributed by atoms with E-state index in [9.17, 15) is 14.4 Å². The van der Waals surface area contributed by atoms with E-state index in [1.54, 1.807) is 20.8 Å². The van der Waals surface area contributed by atoms with Crippen LogP contribution in [-0.4, -0.2) is 44.4 Å². The molecule has 1 aromatic rings. The quantitative estimate of drug-likeness (QED) is 0.607. The summed E-state index contributed by atoms with van der Waals surface area (Å²) in [6, 6.07) is 4.33. The number of carbonyl (C=O) groups is 3. The minimum Gasteiger partial charge on any atom is -0.493 e. The smallest absolute Gasteiger partial charge is 0.426 e. The molecular weight excluding hydrogens is 332 g/mol. The second kappa shape index (κ2) is 8.76. The Morgan fingerprint density at radius 3 is 2.28 bits per heavy atom. The first-order valence-electron chi connectivity index (χ1n) is 7.33. The Bertz CT molecular complexity index is 638. The Balaban J connectivity index is 2.75. The molecule has 138 valence electrons. The Morgan fingerprint density at radius 1 is 1.04 bits per heavy atom. The van der Waals surface area contributed by atoms with Gasteiger partial charge in [0.05, 0.1) is 14.2 Å². The van der Waals surface area contributed by atoms with Gasteiger partial charge in [0.1, 0.15) is 5.60 Å². The third-order valence-electron chi connectivity index (χ3n) is 2.68. The largest absolute Gasteiger partial charge is 0.493 e. The first kappa shape index (κ1) is 20.1. The number of carbonyl (C=O) groups excluding carboxylic acids is 3. The first-order valence-corrected chi connectivity index (χ1v) is 7.33. The van der Waals surface area contributed by atoms with Gasteiger partial charge in [0, 0.05) is 5.56 Å². The van der Waals surface area contributed by atoms with Crippen LogP contribution in [0.2, 0.25) is 0 Å². The van der Waals surface area contributed by atoms with E-state index in [2.05, 4.69) is 15.6 Å². The lowest BCUT2D eigenvalue weighted by Crippen LogP contribution is -2.44. The van der Waals surface area contributed by atoms with Crippen molar-refractivity contribution in [2.75, 3.05) is 20.8 Å². The lowest BCUT2D eigenvalue weighted by atomic mass is 10.2. The molecular formula is C16H22N2O7. The zero-order chi connectivity index (χ0) is 19.0. The lowest BCUT2D eigenvalue weighted by molar-refractivity contribution is -0.142. The van der Waals surface area contributed by atoms with Crippen molar-refractivity contribution in [2.45, 2.75) is 26.4 Å². The minimum atomic E-state index is -0.795. The van der Waals surface area contributed by atoms with Crippen LogP contribution in [0.3, 0.4) is 0 Å². The number of esters is 1. The summed E-state index contributed by atoms with van der Waals surface area (Å²) in [5.41, 5.74) is 3.84. The van der Waals surface area contributed by atoms with Crippen LogP contribution in [0.4, 0.5) is 4.79 Å². The van der Waals surface area contributed by atoms with Crippen LogP contribution in [-0.2, 0) is 14.3 Å². The number of hydrogen-bond donors (Lipinski definition) is 2. The molecule has 0 unspecified atom stereocenters. The maximum Gasteiger partial charge on any atom is 0.426 e. The van der Waals surface area contributed by atoms with Crippen molar-refractivity contribution in [1.82, 2.24) is 10.9 Å². The highest BCUT2D eigenvalue weighted by Gasteiger charge is 2.17. The number of ether oxygens (including phenoxy) is 4. The number of amides is 2. The van der Waals surface area contributed by atoms with Gasteiger partial charge in [0.15, 0.2) is 18.1 Å². The molecule has 0 aliphatic carbocycles. The first-order chi connectivity index (χ1) is 11.7. The lowest BCUT2D eigenvalue weighted by Gasteiger charge is -2.19. The molecule has 0 bridgehead atoms. The molecule has 0 aliphatic heterocycles. The third kappa shape index (κ3) is 6.98. The highest BCUT2D eigenvalue weighted by atomic mass is 16.6. The number of rotatable bonds is 5. The summed E-state index contributed by atoms with van der Waals surface area (Å²) in [5, 5.41) is 0. The number of hydrazine groups is 1. The van der Waals surface area contributed by atoms with Gasteiger partial charge in [0.2, 0.25) is 0 Å². The topological polar surface area (TPSA) is 112 Å². The molecule has 0 saturated heterocycles. The Kier molecular flexibility index (Phi) is 7.04. The van der Waals surface area contributed by atoms with Crippen molar-refractivity contribution in [3.63, 3.8) is 0 Å². The molecule has 2 amide bonds. The number of hydrogen-bond acceptors (Lipinski definition) is 7. The van der Waals surface area contributed by atoms with Gasteiger partial charge in [-0.25, -0.2) is 15.0 Å². The van der Waals surface area contributed by atoms with Gasteiger partial charge in [-0.3, -0.25) is 10.2 Å². The fourth-order valence-electron chi connectivity index (χ4n) is 1.61. The van der Waals surface area contributed by atoms with Crippen LogP contribution in [0.5, 0.6) is 11.5 Å². The van der Waals surface area contributed by atoms with Gasteiger partial charge in [0.25, 0.3) is 5.91 Å². The Labute approximate surface area is 145 Å². The molecule has 0 aromatic heterocycles. The van der Waals surface area contributed by atoms with Crippen molar-refractivity contribution in [2.24, 2.45) is 0 Å². The van der Waals surface area contributed by atoms with Crippen molar-refractivity contribution < 1.29 is 33.3 Å². The molecule has 9 nitrogen and oxygen atoms in total. The van der Waals surface area contributed by atoms with Gasteiger partial charge in [-0.05, 0) is 39.0 Å². The summed E-state index contributed by atoms with van der Waals surface area (Å²) in [6.45, 7) is 4.75. The van der Waals surface area contributed by atoms with Gasteiger partial charge in [-0.2, -0.15) is 0 Å². The fourth-order valence-corrected chi connectivity index (χ4v) is 1.61. The molecule has 0 spiro atoms. The molecule has 0 radical (unpaired) electrons. The van der Waals surface area contributed by atoms with Crippen molar-refractivity contribution in [3.05, 3.63) is 23.8 Å². The molecule has 0 fully saturated rings. The second-order valence-electron chi connectivity index (χ2n) is 5.81. The van der Waals surface area contributed by atoms with Crippen molar-refractivity contribution in [1.29, 1.82) is 0 Å². The van der Waals surface area contributed by atoms with E-state index in [4.69, 9.17) is 14.2 Å². The summed E-state index contributed by atoms with van der Waals surface area (Å²) >= 11 is 0. The van der Waals surface area contributed by atoms with Gasteiger partial charge < -0.3 is 18.9 Å². The third-order valence-corrected chi connectivity index (χ3v) is 2.68. The fraction of sp³-hybridized carbons (Fsp3) is 0.438. The number of methoxy groups -OCH3 is 2. The number of nitrogens with one attached hydrogen (secondary N) is 2. The predicted molar refractivity (Wildman–Crippen MR) is 87.3 cm³/mol. The van der Waals surface area contributed by atoms with Gasteiger partial charge in [-0.1, -0.05) is 0 Å². The maximum absolute atomic E-state index is 12.1.